The van der Waals surface area contributed by atoms with E-state index in [1.165, 1.54) is 0 Å². The van der Waals surface area contributed by atoms with Crippen LogP contribution in [0.15, 0.2) is 53.4 Å². The molecule has 0 radical (unpaired) electrons. The van der Waals surface area contributed by atoms with Crippen LogP contribution in [-0.2, 0) is 16.4 Å². The number of nitrogens with zero attached hydrogens (tertiary/aromatic N) is 1. The first-order valence-corrected chi connectivity index (χ1v) is 8.30. The SMILES string of the molecule is CCc1ccc(S(=O)(=O)Nc2ccc(N(C)C)cc2)cc1. The second-order valence-electron chi connectivity index (χ2n) is 5.04. The van der Waals surface area contributed by atoms with Crippen molar-refractivity contribution in [2.75, 3.05) is 23.7 Å². The zero-order valence-electron chi connectivity index (χ0n) is 12.5. The molecule has 4 nitrogen and oxygen atoms in total. The molecule has 0 atom stereocenters. The lowest BCUT2D eigenvalue weighted by molar-refractivity contribution is 0.601. The van der Waals surface area contributed by atoms with Crippen LogP contribution in [0.4, 0.5) is 11.4 Å². The summed E-state index contributed by atoms with van der Waals surface area (Å²) in [4.78, 5) is 2.23. The van der Waals surface area contributed by atoms with Crippen LogP contribution in [0.3, 0.4) is 0 Å². The maximum atomic E-state index is 12.3. The highest BCUT2D eigenvalue weighted by molar-refractivity contribution is 7.92. The Morgan fingerprint density at radius 1 is 0.952 bits per heavy atom. The molecule has 0 spiro atoms. The molecule has 0 fully saturated rings. The fourth-order valence-electron chi connectivity index (χ4n) is 1.95. The summed E-state index contributed by atoms with van der Waals surface area (Å²) in [6, 6.07) is 14.2. The highest BCUT2D eigenvalue weighted by Gasteiger charge is 2.13. The molecule has 0 saturated heterocycles. The second-order valence-corrected chi connectivity index (χ2v) is 6.73. The van der Waals surface area contributed by atoms with E-state index >= 15 is 0 Å². The number of aryl methyl sites for hydroxylation is 1. The van der Waals surface area contributed by atoms with Crippen molar-refractivity contribution < 1.29 is 8.42 Å². The van der Waals surface area contributed by atoms with Gasteiger partial charge < -0.3 is 4.90 Å². The summed E-state index contributed by atoms with van der Waals surface area (Å²) in [6.45, 7) is 2.04. The molecule has 0 aromatic heterocycles. The lowest BCUT2D eigenvalue weighted by Gasteiger charge is -2.13. The van der Waals surface area contributed by atoms with E-state index in [1.54, 1.807) is 24.3 Å². The van der Waals surface area contributed by atoms with E-state index in [9.17, 15) is 8.42 Å². The third-order valence-corrected chi connectivity index (χ3v) is 4.68. The number of rotatable bonds is 5. The third kappa shape index (κ3) is 3.76. The van der Waals surface area contributed by atoms with Crippen LogP contribution in [0.5, 0.6) is 0 Å². The average molecular weight is 304 g/mol. The van der Waals surface area contributed by atoms with Gasteiger partial charge in [-0.1, -0.05) is 19.1 Å². The number of hydrogen-bond acceptors (Lipinski definition) is 3. The van der Waals surface area contributed by atoms with Crippen LogP contribution in [0.1, 0.15) is 12.5 Å². The molecular formula is C16H20N2O2S. The van der Waals surface area contributed by atoms with Crippen LogP contribution in [-0.4, -0.2) is 22.5 Å². The van der Waals surface area contributed by atoms with Gasteiger partial charge in [-0.2, -0.15) is 0 Å². The van der Waals surface area contributed by atoms with Gasteiger partial charge in [-0.05, 0) is 48.4 Å². The van der Waals surface area contributed by atoms with Gasteiger partial charge in [0, 0.05) is 25.5 Å². The minimum Gasteiger partial charge on any atom is -0.378 e. The third-order valence-electron chi connectivity index (χ3n) is 3.28. The van der Waals surface area contributed by atoms with Crippen LogP contribution in [0.25, 0.3) is 0 Å². The number of nitrogens with one attached hydrogen (secondary N) is 1. The predicted octanol–water partition coefficient (Wildman–Crippen LogP) is 3.12. The van der Waals surface area contributed by atoms with E-state index in [1.807, 2.05) is 50.2 Å². The van der Waals surface area contributed by atoms with Crippen molar-refractivity contribution in [3.8, 4) is 0 Å². The van der Waals surface area contributed by atoms with E-state index in [0.29, 0.717) is 5.69 Å². The minimum absolute atomic E-state index is 0.274. The summed E-state index contributed by atoms with van der Waals surface area (Å²) < 4.78 is 27.2. The second kappa shape index (κ2) is 6.18. The quantitative estimate of drug-likeness (QED) is 0.923. The molecule has 5 heteroatoms. The van der Waals surface area contributed by atoms with Crippen molar-refractivity contribution in [3.63, 3.8) is 0 Å². The Kier molecular flexibility index (Phi) is 4.53. The maximum absolute atomic E-state index is 12.3. The predicted molar refractivity (Wildman–Crippen MR) is 87.4 cm³/mol. The van der Waals surface area contributed by atoms with Gasteiger partial charge >= 0.3 is 0 Å². The number of hydrogen-bond donors (Lipinski definition) is 1. The maximum Gasteiger partial charge on any atom is 0.261 e. The Morgan fingerprint density at radius 2 is 1.52 bits per heavy atom. The van der Waals surface area contributed by atoms with Gasteiger partial charge in [-0.3, -0.25) is 4.72 Å². The highest BCUT2D eigenvalue weighted by atomic mass is 32.2. The number of benzene rings is 2. The Morgan fingerprint density at radius 3 is 2.00 bits per heavy atom. The molecule has 0 aliphatic carbocycles. The van der Waals surface area contributed by atoms with Crippen LogP contribution < -0.4 is 9.62 Å². The van der Waals surface area contributed by atoms with Crippen molar-refractivity contribution in [2.24, 2.45) is 0 Å². The summed E-state index contributed by atoms with van der Waals surface area (Å²) in [5, 5.41) is 0. The summed E-state index contributed by atoms with van der Waals surface area (Å²) >= 11 is 0. The van der Waals surface area contributed by atoms with Crippen LogP contribution in [0, 0.1) is 0 Å². The van der Waals surface area contributed by atoms with Crippen molar-refractivity contribution in [1.82, 2.24) is 0 Å². The smallest absolute Gasteiger partial charge is 0.261 e. The Balaban J connectivity index is 2.19. The molecule has 0 aliphatic rings. The van der Waals surface area contributed by atoms with Crippen LogP contribution >= 0.6 is 0 Å². The molecule has 2 rings (SSSR count). The van der Waals surface area contributed by atoms with Gasteiger partial charge in [0.2, 0.25) is 0 Å². The lowest BCUT2D eigenvalue weighted by Crippen LogP contribution is -2.13. The molecule has 0 amide bonds. The lowest BCUT2D eigenvalue weighted by atomic mass is 10.2. The van der Waals surface area contributed by atoms with Crippen molar-refractivity contribution >= 4 is 21.4 Å². The van der Waals surface area contributed by atoms with E-state index < -0.39 is 10.0 Å². The average Bonchev–Trinajstić information content (AvgIpc) is 2.47. The molecule has 2 aromatic carbocycles. The standard InChI is InChI=1S/C16H20N2O2S/c1-4-13-5-11-16(12-6-13)21(19,20)17-14-7-9-15(10-8-14)18(2)3/h5-12,17H,4H2,1-3H3. The Labute approximate surface area is 126 Å². The molecule has 0 aliphatic heterocycles. The Hall–Kier alpha value is -2.01. The molecule has 112 valence electrons. The normalized spacial score (nSPS) is 11.2. The molecule has 1 N–H and O–H groups in total. The van der Waals surface area contributed by atoms with Crippen molar-refractivity contribution in [2.45, 2.75) is 18.2 Å². The largest absolute Gasteiger partial charge is 0.378 e. The van der Waals surface area contributed by atoms with Gasteiger partial charge in [0.05, 0.1) is 4.90 Å². The first-order valence-electron chi connectivity index (χ1n) is 6.81. The zero-order chi connectivity index (χ0) is 15.5. The number of sulfonamides is 1. The first kappa shape index (κ1) is 15.4. The molecule has 21 heavy (non-hydrogen) atoms. The van der Waals surface area contributed by atoms with Gasteiger partial charge in [0.15, 0.2) is 0 Å². The first-order chi connectivity index (χ1) is 9.92. The van der Waals surface area contributed by atoms with Gasteiger partial charge in [-0.15, -0.1) is 0 Å². The van der Waals surface area contributed by atoms with Crippen molar-refractivity contribution in [3.05, 3.63) is 54.1 Å². The molecule has 0 saturated carbocycles. The van der Waals surface area contributed by atoms with Crippen LogP contribution in [0.2, 0.25) is 0 Å². The minimum atomic E-state index is -3.54. The molecular weight excluding hydrogens is 284 g/mol. The molecule has 2 aromatic rings. The topological polar surface area (TPSA) is 49.4 Å². The van der Waals surface area contributed by atoms with Gasteiger partial charge in [-0.25, -0.2) is 8.42 Å². The van der Waals surface area contributed by atoms with E-state index in [-0.39, 0.29) is 4.90 Å². The highest BCUT2D eigenvalue weighted by Crippen LogP contribution is 2.19. The van der Waals surface area contributed by atoms with Gasteiger partial charge in [0.25, 0.3) is 10.0 Å². The summed E-state index contributed by atoms with van der Waals surface area (Å²) in [5.41, 5.74) is 2.69. The molecule has 0 heterocycles. The van der Waals surface area contributed by atoms with E-state index in [2.05, 4.69) is 4.72 Å². The van der Waals surface area contributed by atoms with E-state index in [4.69, 9.17) is 0 Å². The summed E-state index contributed by atoms with van der Waals surface area (Å²) in [7, 11) is 0.343. The summed E-state index contributed by atoms with van der Waals surface area (Å²) in [5.74, 6) is 0. The van der Waals surface area contributed by atoms with Gasteiger partial charge in [0.1, 0.15) is 0 Å². The fourth-order valence-corrected chi connectivity index (χ4v) is 3.00. The Bertz CT molecular complexity index is 690. The van der Waals surface area contributed by atoms with Crippen molar-refractivity contribution in [1.29, 1.82) is 0 Å². The fraction of sp³-hybridized carbons (Fsp3) is 0.250. The molecule has 0 unspecified atom stereocenters. The summed E-state index contributed by atoms with van der Waals surface area (Å²) in [6.07, 6.45) is 0.889. The number of anilines is 2. The van der Waals surface area contributed by atoms with E-state index in [0.717, 1.165) is 17.7 Å². The monoisotopic (exact) mass is 304 g/mol. The molecule has 0 bridgehead atoms. The zero-order valence-corrected chi connectivity index (χ0v) is 13.3.